The highest BCUT2D eigenvalue weighted by molar-refractivity contribution is 5.93. The standard InChI is InChI=1S/C14H14N4O3/c19-14(13-4-12(8-16-13)18(20)21)17-5-9-1-2-10-6-15-7-11(10)3-9/h1-4,8,15-16H,5-7H2,(H,17,19). The molecule has 0 radical (unpaired) electrons. The molecule has 0 aliphatic carbocycles. The lowest BCUT2D eigenvalue weighted by Gasteiger charge is -2.06. The van der Waals surface area contributed by atoms with Crippen LogP contribution in [0.4, 0.5) is 5.69 Å². The molecule has 0 unspecified atom stereocenters. The predicted octanol–water partition coefficient (Wildman–Crippen LogP) is 1.46. The Balaban J connectivity index is 1.64. The van der Waals surface area contributed by atoms with Gasteiger partial charge in [0, 0.05) is 25.7 Å². The maximum Gasteiger partial charge on any atom is 0.287 e. The van der Waals surface area contributed by atoms with Crippen LogP contribution in [0, 0.1) is 10.1 Å². The van der Waals surface area contributed by atoms with E-state index in [-0.39, 0.29) is 17.3 Å². The molecule has 0 spiro atoms. The monoisotopic (exact) mass is 286 g/mol. The fraction of sp³-hybridized carbons (Fsp3) is 0.214. The Morgan fingerprint density at radius 3 is 2.86 bits per heavy atom. The number of nitrogens with zero attached hydrogens (tertiary/aromatic N) is 1. The van der Waals surface area contributed by atoms with E-state index in [0.717, 1.165) is 18.7 Å². The number of amides is 1. The van der Waals surface area contributed by atoms with Gasteiger partial charge in [-0.1, -0.05) is 18.2 Å². The van der Waals surface area contributed by atoms with E-state index < -0.39 is 4.92 Å². The van der Waals surface area contributed by atoms with Crippen molar-refractivity contribution in [2.24, 2.45) is 0 Å². The summed E-state index contributed by atoms with van der Waals surface area (Å²) >= 11 is 0. The third-order valence-corrected chi connectivity index (χ3v) is 3.48. The molecule has 1 aromatic heterocycles. The van der Waals surface area contributed by atoms with E-state index in [2.05, 4.69) is 27.8 Å². The zero-order valence-corrected chi connectivity index (χ0v) is 11.2. The number of aromatic amines is 1. The molecule has 2 heterocycles. The van der Waals surface area contributed by atoms with Gasteiger partial charge in [0.05, 0.1) is 11.1 Å². The Labute approximate surface area is 120 Å². The Morgan fingerprint density at radius 2 is 2.10 bits per heavy atom. The first-order valence-corrected chi connectivity index (χ1v) is 6.56. The number of benzene rings is 1. The van der Waals surface area contributed by atoms with Gasteiger partial charge < -0.3 is 15.6 Å². The van der Waals surface area contributed by atoms with Crippen molar-refractivity contribution in [3.05, 3.63) is 63.0 Å². The summed E-state index contributed by atoms with van der Waals surface area (Å²) in [6, 6.07) is 7.31. The van der Waals surface area contributed by atoms with Crippen LogP contribution in [0.25, 0.3) is 0 Å². The highest BCUT2D eigenvalue weighted by Gasteiger charge is 2.15. The summed E-state index contributed by atoms with van der Waals surface area (Å²) in [5.41, 5.74) is 3.60. The number of hydrogen-bond donors (Lipinski definition) is 3. The minimum absolute atomic E-state index is 0.122. The van der Waals surface area contributed by atoms with Crippen LogP contribution in [0.3, 0.4) is 0 Å². The normalized spacial score (nSPS) is 13.0. The van der Waals surface area contributed by atoms with E-state index in [4.69, 9.17) is 0 Å². The minimum atomic E-state index is -0.541. The van der Waals surface area contributed by atoms with Crippen LogP contribution in [0.1, 0.15) is 27.2 Å². The molecule has 7 nitrogen and oxygen atoms in total. The molecular formula is C14H14N4O3. The number of carbonyl (C=O) groups excluding carboxylic acids is 1. The van der Waals surface area contributed by atoms with Gasteiger partial charge in [-0.3, -0.25) is 14.9 Å². The zero-order chi connectivity index (χ0) is 14.8. The second-order valence-corrected chi connectivity index (χ2v) is 4.92. The van der Waals surface area contributed by atoms with Gasteiger partial charge >= 0.3 is 0 Å². The van der Waals surface area contributed by atoms with E-state index in [1.807, 2.05) is 6.07 Å². The van der Waals surface area contributed by atoms with Gasteiger partial charge in [-0.05, 0) is 16.7 Å². The largest absolute Gasteiger partial charge is 0.351 e. The molecule has 3 N–H and O–H groups in total. The van der Waals surface area contributed by atoms with Crippen molar-refractivity contribution in [2.45, 2.75) is 19.6 Å². The SMILES string of the molecule is O=C(NCc1ccc2c(c1)CNC2)c1cc([N+](=O)[O-])c[nH]1. The van der Waals surface area contributed by atoms with E-state index in [0.29, 0.717) is 6.54 Å². The summed E-state index contributed by atoms with van der Waals surface area (Å²) in [7, 11) is 0. The maximum atomic E-state index is 11.9. The van der Waals surface area contributed by atoms with Crippen LogP contribution < -0.4 is 10.6 Å². The molecule has 0 saturated carbocycles. The Morgan fingerprint density at radius 1 is 1.29 bits per heavy atom. The minimum Gasteiger partial charge on any atom is -0.351 e. The Bertz CT molecular complexity index is 708. The maximum absolute atomic E-state index is 11.9. The van der Waals surface area contributed by atoms with E-state index >= 15 is 0 Å². The third-order valence-electron chi connectivity index (χ3n) is 3.48. The summed E-state index contributed by atoms with van der Waals surface area (Å²) in [6.45, 7) is 2.12. The topological polar surface area (TPSA) is 100 Å². The smallest absolute Gasteiger partial charge is 0.287 e. The van der Waals surface area contributed by atoms with Gasteiger partial charge in [0.1, 0.15) is 5.69 Å². The first kappa shape index (κ1) is 13.3. The zero-order valence-electron chi connectivity index (χ0n) is 11.2. The van der Waals surface area contributed by atoms with Crippen molar-refractivity contribution in [3.63, 3.8) is 0 Å². The summed E-state index contributed by atoms with van der Waals surface area (Å²) in [4.78, 5) is 24.5. The average molecular weight is 286 g/mol. The van der Waals surface area contributed by atoms with Gasteiger partial charge in [0.25, 0.3) is 11.6 Å². The van der Waals surface area contributed by atoms with Crippen LogP contribution in [0.5, 0.6) is 0 Å². The molecule has 1 aliphatic heterocycles. The number of carbonyl (C=O) groups is 1. The number of hydrogen-bond acceptors (Lipinski definition) is 4. The molecule has 21 heavy (non-hydrogen) atoms. The van der Waals surface area contributed by atoms with Crippen molar-refractivity contribution in [2.75, 3.05) is 0 Å². The first-order chi connectivity index (χ1) is 10.1. The molecule has 0 fully saturated rings. The van der Waals surface area contributed by atoms with Gasteiger partial charge in [0.2, 0.25) is 0 Å². The van der Waals surface area contributed by atoms with Gasteiger partial charge in [0.15, 0.2) is 0 Å². The predicted molar refractivity (Wildman–Crippen MR) is 75.6 cm³/mol. The molecule has 108 valence electrons. The molecular weight excluding hydrogens is 272 g/mol. The number of H-pyrrole nitrogens is 1. The molecule has 1 amide bonds. The molecule has 3 rings (SSSR count). The highest BCUT2D eigenvalue weighted by Crippen LogP contribution is 2.17. The lowest BCUT2D eigenvalue weighted by molar-refractivity contribution is -0.384. The number of rotatable bonds is 4. The first-order valence-electron chi connectivity index (χ1n) is 6.56. The lowest BCUT2D eigenvalue weighted by atomic mass is 10.1. The quantitative estimate of drug-likeness (QED) is 0.585. The van der Waals surface area contributed by atoms with Crippen LogP contribution in [0.2, 0.25) is 0 Å². The second-order valence-electron chi connectivity index (χ2n) is 4.92. The lowest BCUT2D eigenvalue weighted by Crippen LogP contribution is -2.23. The van der Waals surface area contributed by atoms with Crippen LogP contribution in [0.15, 0.2) is 30.5 Å². The molecule has 0 saturated heterocycles. The van der Waals surface area contributed by atoms with Crippen molar-refractivity contribution in [1.82, 2.24) is 15.6 Å². The third kappa shape index (κ3) is 2.77. The Hall–Kier alpha value is -2.67. The summed E-state index contributed by atoms with van der Waals surface area (Å²) in [5, 5.41) is 16.6. The summed E-state index contributed by atoms with van der Waals surface area (Å²) < 4.78 is 0. The van der Waals surface area contributed by atoms with E-state index in [9.17, 15) is 14.9 Å². The van der Waals surface area contributed by atoms with Gasteiger partial charge in [-0.25, -0.2) is 0 Å². The molecule has 1 aliphatic rings. The van der Waals surface area contributed by atoms with Crippen molar-refractivity contribution < 1.29 is 9.72 Å². The molecule has 0 atom stereocenters. The number of nitro groups is 1. The fourth-order valence-electron chi connectivity index (χ4n) is 2.36. The number of aromatic nitrogens is 1. The Kier molecular flexibility index (Phi) is 3.41. The molecule has 0 bridgehead atoms. The average Bonchev–Trinajstić information content (AvgIpc) is 3.12. The van der Waals surface area contributed by atoms with Crippen molar-refractivity contribution >= 4 is 11.6 Å². The fourth-order valence-corrected chi connectivity index (χ4v) is 2.36. The number of fused-ring (bicyclic) bond motifs is 1. The molecule has 2 aromatic rings. The summed E-state index contributed by atoms with van der Waals surface area (Å²) in [6.07, 6.45) is 1.20. The second kappa shape index (κ2) is 5.37. The van der Waals surface area contributed by atoms with E-state index in [1.54, 1.807) is 0 Å². The van der Waals surface area contributed by atoms with Crippen molar-refractivity contribution in [3.8, 4) is 0 Å². The molecule has 1 aromatic carbocycles. The van der Waals surface area contributed by atoms with Gasteiger partial charge in [-0.15, -0.1) is 0 Å². The van der Waals surface area contributed by atoms with Gasteiger partial charge in [-0.2, -0.15) is 0 Å². The highest BCUT2D eigenvalue weighted by atomic mass is 16.6. The molecule has 7 heteroatoms. The van der Waals surface area contributed by atoms with Crippen LogP contribution in [-0.2, 0) is 19.6 Å². The summed E-state index contributed by atoms with van der Waals surface area (Å²) in [5.74, 6) is -0.360. The van der Waals surface area contributed by atoms with E-state index in [1.165, 1.54) is 23.4 Å². The van der Waals surface area contributed by atoms with Crippen LogP contribution >= 0.6 is 0 Å². The van der Waals surface area contributed by atoms with Crippen LogP contribution in [-0.4, -0.2) is 15.8 Å². The van der Waals surface area contributed by atoms with Crippen molar-refractivity contribution in [1.29, 1.82) is 0 Å². The number of nitrogens with one attached hydrogen (secondary N) is 3.